The van der Waals surface area contributed by atoms with E-state index in [4.69, 9.17) is 0 Å². The second-order valence-corrected chi connectivity index (χ2v) is 2.23. The number of hydrogen-bond donors (Lipinski definition) is 2. The van der Waals surface area contributed by atoms with Crippen LogP contribution in [0.3, 0.4) is 0 Å². The molecule has 0 radical (unpaired) electrons. The zero-order valence-electron chi connectivity index (χ0n) is 7.18. The van der Waals surface area contributed by atoms with Gasteiger partial charge >= 0.3 is 6.03 Å². The molecule has 0 aliphatic carbocycles. The molecule has 0 atom stereocenters. The van der Waals surface area contributed by atoms with Gasteiger partial charge < -0.3 is 15.5 Å². The van der Waals surface area contributed by atoms with Crippen LogP contribution in [-0.4, -0.2) is 45.2 Å². The fourth-order valence-electron chi connectivity index (χ4n) is 0.453. The van der Waals surface area contributed by atoms with E-state index < -0.39 is 0 Å². The van der Waals surface area contributed by atoms with Gasteiger partial charge in [-0.2, -0.15) is 0 Å². The third-order valence-electron chi connectivity index (χ3n) is 1.06. The molecule has 0 bridgehead atoms. The third-order valence-corrected chi connectivity index (χ3v) is 1.06. The predicted octanol–water partition coefficient (Wildman–Crippen LogP) is -0.101. The maximum Gasteiger partial charge on any atom is 0.316 e. The van der Waals surface area contributed by atoms with Crippen LogP contribution in [0.5, 0.6) is 0 Å². The summed E-state index contributed by atoms with van der Waals surface area (Å²) in [4.78, 5) is 12.3. The molecule has 0 saturated carbocycles. The summed E-state index contributed by atoms with van der Waals surface area (Å²) >= 11 is 0. The number of rotatable bonds is 3. The van der Waals surface area contributed by atoms with Crippen LogP contribution in [0.2, 0.25) is 0 Å². The van der Waals surface area contributed by atoms with Crippen LogP contribution >= 0.6 is 12.4 Å². The Morgan fingerprint density at radius 2 is 1.91 bits per heavy atom. The molecule has 0 aliphatic rings. The Morgan fingerprint density at radius 1 is 1.36 bits per heavy atom. The zero-order chi connectivity index (χ0) is 7.98. The van der Waals surface area contributed by atoms with E-state index in [0.717, 1.165) is 6.54 Å². The first-order chi connectivity index (χ1) is 4.68. The van der Waals surface area contributed by atoms with Crippen molar-refractivity contribution in [2.75, 3.05) is 34.2 Å². The van der Waals surface area contributed by atoms with E-state index in [-0.39, 0.29) is 18.4 Å². The van der Waals surface area contributed by atoms with Crippen molar-refractivity contribution in [1.82, 2.24) is 15.5 Å². The van der Waals surface area contributed by atoms with Crippen molar-refractivity contribution in [2.45, 2.75) is 0 Å². The Bertz CT molecular complexity index is 108. The highest BCUT2D eigenvalue weighted by molar-refractivity contribution is 5.85. The van der Waals surface area contributed by atoms with Gasteiger partial charge in [0.2, 0.25) is 0 Å². The minimum Gasteiger partial charge on any atom is -0.337 e. The molecule has 0 aromatic carbocycles. The lowest BCUT2D eigenvalue weighted by molar-refractivity contribution is 0.217. The van der Waals surface area contributed by atoms with Crippen LogP contribution < -0.4 is 10.6 Å². The molecule has 0 aromatic heterocycles. The molecule has 2 amide bonds. The highest BCUT2D eigenvalue weighted by atomic mass is 35.5. The van der Waals surface area contributed by atoms with Crippen LogP contribution in [0.15, 0.2) is 0 Å². The fourth-order valence-corrected chi connectivity index (χ4v) is 0.453. The first-order valence-corrected chi connectivity index (χ1v) is 3.28. The maximum absolute atomic E-state index is 10.8. The lowest BCUT2D eigenvalue weighted by atomic mass is 10.6. The summed E-state index contributed by atoms with van der Waals surface area (Å²) in [5.74, 6) is 0. The summed E-state index contributed by atoms with van der Waals surface area (Å²) in [5.41, 5.74) is 0. The number of amides is 2. The average Bonchev–Trinajstić information content (AvgIpc) is 1.88. The zero-order valence-corrected chi connectivity index (χ0v) is 7.99. The quantitative estimate of drug-likeness (QED) is 0.598. The van der Waals surface area contributed by atoms with Crippen molar-refractivity contribution in [3.63, 3.8) is 0 Å². The van der Waals surface area contributed by atoms with Gasteiger partial charge in [0.1, 0.15) is 0 Å². The number of carbonyl (C=O) groups is 1. The average molecular weight is 182 g/mol. The van der Waals surface area contributed by atoms with Gasteiger partial charge in [-0.3, -0.25) is 0 Å². The lowest BCUT2D eigenvalue weighted by Gasteiger charge is -2.10. The summed E-state index contributed by atoms with van der Waals surface area (Å²) in [7, 11) is 5.28. The fraction of sp³-hybridized carbons (Fsp3) is 0.833. The number of urea groups is 1. The van der Waals surface area contributed by atoms with Crippen molar-refractivity contribution in [3.05, 3.63) is 0 Å². The molecule has 11 heavy (non-hydrogen) atoms. The van der Waals surface area contributed by atoms with E-state index in [9.17, 15) is 4.79 Å². The minimum atomic E-state index is -0.0461. The van der Waals surface area contributed by atoms with E-state index in [1.165, 1.54) is 4.90 Å². The van der Waals surface area contributed by atoms with Crippen LogP contribution in [0.25, 0.3) is 0 Å². The summed E-state index contributed by atoms with van der Waals surface area (Å²) in [6.45, 7) is 1.48. The van der Waals surface area contributed by atoms with E-state index in [1.54, 1.807) is 14.1 Å². The molecule has 0 aliphatic heterocycles. The van der Waals surface area contributed by atoms with Crippen molar-refractivity contribution in [1.29, 1.82) is 0 Å². The van der Waals surface area contributed by atoms with Gasteiger partial charge in [-0.05, 0) is 7.05 Å². The lowest BCUT2D eigenvalue weighted by Crippen LogP contribution is -2.37. The molecular weight excluding hydrogens is 166 g/mol. The maximum atomic E-state index is 10.8. The number of carbonyl (C=O) groups excluding carboxylic acids is 1. The molecule has 0 spiro atoms. The van der Waals surface area contributed by atoms with E-state index in [1.807, 2.05) is 7.05 Å². The first kappa shape index (κ1) is 13.1. The largest absolute Gasteiger partial charge is 0.337 e. The minimum absolute atomic E-state index is 0. The van der Waals surface area contributed by atoms with Crippen LogP contribution in [-0.2, 0) is 0 Å². The predicted molar refractivity (Wildman–Crippen MR) is 48.3 cm³/mol. The van der Waals surface area contributed by atoms with Gasteiger partial charge in [0.25, 0.3) is 0 Å². The van der Waals surface area contributed by atoms with Gasteiger partial charge in [-0.15, -0.1) is 12.4 Å². The molecular formula is C6H16ClN3O. The topological polar surface area (TPSA) is 44.4 Å². The Morgan fingerprint density at radius 3 is 2.27 bits per heavy atom. The van der Waals surface area contributed by atoms with Crippen LogP contribution in [0.1, 0.15) is 0 Å². The first-order valence-electron chi connectivity index (χ1n) is 3.28. The molecule has 0 fully saturated rings. The van der Waals surface area contributed by atoms with E-state index >= 15 is 0 Å². The SMILES string of the molecule is CNCCNC(=O)N(C)C.Cl. The monoisotopic (exact) mass is 181 g/mol. The Kier molecular flexibility index (Phi) is 9.10. The summed E-state index contributed by atoms with van der Waals surface area (Å²) in [5, 5.41) is 5.64. The standard InChI is InChI=1S/C6H15N3O.ClH/c1-7-4-5-8-6(10)9(2)3;/h7H,4-5H2,1-3H3,(H,8,10);1H. The number of halogens is 1. The summed E-state index contributed by atoms with van der Waals surface area (Å²) < 4.78 is 0. The van der Waals surface area contributed by atoms with Gasteiger partial charge in [0.05, 0.1) is 0 Å². The number of hydrogen-bond acceptors (Lipinski definition) is 2. The van der Waals surface area contributed by atoms with Crippen LogP contribution in [0.4, 0.5) is 4.79 Å². The van der Waals surface area contributed by atoms with Gasteiger partial charge in [0.15, 0.2) is 0 Å². The second kappa shape index (κ2) is 7.63. The molecule has 0 heterocycles. The molecule has 2 N–H and O–H groups in total. The third kappa shape index (κ3) is 7.42. The Labute approximate surface area is 73.7 Å². The molecule has 4 nitrogen and oxygen atoms in total. The highest BCUT2D eigenvalue weighted by Gasteiger charge is 1.98. The number of nitrogens with one attached hydrogen (secondary N) is 2. The molecule has 0 rings (SSSR count). The summed E-state index contributed by atoms with van der Waals surface area (Å²) in [6.07, 6.45) is 0. The number of nitrogens with zero attached hydrogens (tertiary/aromatic N) is 1. The molecule has 68 valence electrons. The van der Waals surface area contributed by atoms with Crippen molar-refractivity contribution in [2.24, 2.45) is 0 Å². The Balaban J connectivity index is 0. The van der Waals surface area contributed by atoms with Crippen molar-refractivity contribution >= 4 is 18.4 Å². The van der Waals surface area contributed by atoms with Crippen molar-refractivity contribution in [3.8, 4) is 0 Å². The Hall–Kier alpha value is -0.480. The van der Waals surface area contributed by atoms with Crippen LogP contribution in [0, 0.1) is 0 Å². The molecule has 0 aromatic rings. The highest BCUT2D eigenvalue weighted by Crippen LogP contribution is 1.73. The number of likely N-dealkylation sites (N-methyl/N-ethyl adjacent to an activating group) is 1. The second-order valence-electron chi connectivity index (χ2n) is 2.23. The van der Waals surface area contributed by atoms with Gasteiger partial charge in [0, 0.05) is 27.2 Å². The normalized spacial score (nSPS) is 8.27. The van der Waals surface area contributed by atoms with Gasteiger partial charge in [-0.25, -0.2) is 4.79 Å². The van der Waals surface area contributed by atoms with E-state index in [0.29, 0.717) is 6.54 Å². The van der Waals surface area contributed by atoms with Gasteiger partial charge in [-0.1, -0.05) is 0 Å². The molecule has 0 saturated heterocycles. The smallest absolute Gasteiger partial charge is 0.316 e. The van der Waals surface area contributed by atoms with E-state index in [2.05, 4.69) is 10.6 Å². The molecule has 0 unspecified atom stereocenters. The summed E-state index contributed by atoms with van der Waals surface area (Å²) in [6, 6.07) is -0.0461. The van der Waals surface area contributed by atoms with Crippen molar-refractivity contribution < 1.29 is 4.79 Å². The molecule has 5 heteroatoms.